The van der Waals surface area contributed by atoms with Crippen molar-refractivity contribution >= 4 is 10.8 Å². The fraction of sp³-hybridized carbons (Fsp3) is 0.0345. The largest absolute Gasteiger partial charge is 0.457 e. The van der Waals surface area contributed by atoms with Gasteiger partial charge in [0.15, 0.2) is 0 Å². The summed E-state index contributed by atoms with van der Waals surface area (Å²) < 4.78 is 6.50. The quantitative estimate of drug-likeness (QED) is 0.267. The van der Waals surface area contributed by atoms with Crippen LogP contribution in [0.5, 0.6) is 11.5 Å². The van der Waals surface area contributed by atoms with Crippen molar-refractivity contribution in [2.24, 2.45) is 0 Å². The maximum atomic E-state index is 6.50. The Bertz CT molecular complexity index is 1430. The van der Waals surface area contributed by atoms with E-state index in [1.807, 2.05) is 0 Å². The summed E-state index contributed by atoms with van der Waals surface area (Å²) in [6.45, 7) is 0. The molecule has 30 heavy (non-hydrogen) atoms. The van der Waals surface area contributed by atoms with Gasteiger partial charge in [0.1, 0.15) is 11.5 Å². The van der Waals surface area contributed by atoms with Gasteiger partial charge < -0.3 is 4.74 Å². The molecule has 0 bridgehead atoms. The molecule has 7 rings (SSSR count). The van der Waals surface area contributed by atoms with Crippen LogP contribution >= 0.6 is 0 Å². The SMILES string of the molecule is c1ccc2c(c1)Oc1cc3ccccc3cc1C21c2ccccc2-c2ccccc21. The highest BCUT2D eigenvalue weighted by Crippen LogP contribution is 2.62. The number of fused-ring (bicyclic) bond motifs is 10. The monoisotopic (exact) mass is 382 g/mol. The van der Waals surface area contributed by atoms with Crippen LogP contribution in [0.3, 0.4) is 0 Å². The van der Waals surface area contributed by atoms with Crippen LogP contribution in [0.1, 0.15) is 22.3 Å². The fourth-order valence-electron chi connectivity index (χ4n) is 5.54. The summed E-state index contributed by atoms with van der Waals surface area (Å²) in [6.07, 6.45) is 0. The Morgan fingerprint density at radius 1 is 0.433 bits per heavy atom. The molecular weight excluding hydrogens is 364 g/mol. The Hall–Kier alpha value is -3.84. The third-order valence-electron chi connectivity index (χ3n) is 6.72. The van der Waals surface area contributed by atoms with Gasteiger partial charge in [-0.3, -0.25) is 0 Å². The average molecular weight is 382 g/mol. The van der Waals surface area contributed by atoms with E-state index < -0.39 is 0 Å². The molecule has 2 aliphatic rings. The Kier molecular flexibility index (Phi) is 2.99. The van der Waals surface area contributed by atoms with Crippen LogP contribution in [0.25, 0.3) is 21.9 Å². The molecule has 0 unspecified atom stereocenters. The first kappa shape index (κ1) is 16.0. The van der Waals surface area contributed by atoms with Gasteiger partial charge in [0.25, 0.3) is 0 Å². The average Bonchev–Trinajstić information content (AvgIpc) is 3.10. The second-order valence-electron chi connectivity index (χ2n) is 8.13. The van der Waals surface area contributed by atoms with Gasteiger partial charge in [-0.2, -0.15) is 0 Å². The van der Waals surface area contributed by atoms with E-state index in [0.717, 1.165) is 11.5 Å². The van der Waals surface area contributed by atoms with E-state index in [2.05, 4.69) is 109 Å². The van der Waals surface area contributed by atoms with Gasteiger partial charge in [0.05, 0.1) is 5.41 Å². The van der Waals surface area contributed by atoms with Crippen molar-refractivity contribution < 1.29 is 4.74 Å². The van der Waals surface area contributed by atoms with Crippen molar-refractivity contribution in [1.29, 1.82) is 0 Å². The molecule has 1 heterocycles. The summed E-state index contributed by atoms with van der Waals surface area (Å²) >= 11 is 0. The van der Waals surface area contributed by atoms with Gasteiger partial charge in [-0.25, -0.2) is 0 Å². The summed E-state index contributed by atoms with van der Waals surface area (Å²) in [5.74, 6) is 1.88. The molecule has 1 nitrogen and oxygen atoms in total. The lowest BCUT2D eigenvalue weighted by atomic mass is 9.66. The van der Waals surface area contributed by atoms with E-state index in [4.69, 9.17) is 4.74 Å². The maximum absolute atomic E-state index is 6.50. The molecule has 140 valence electrons. The smallest absolute Gasteiger partial charge is 0.132 e. The molecule has 0 aromatic heterocycles. The zero-order chi connectivity index (χ0) is 19.7. The lowest BCUT2D eigenvalue weighted by Gasteiger charge is -2.39. The topological polar surface area (TPSA) is 9.23 Å². The molecule has 0 atom stereocenters. The van der Waals surface area contributed by atoms with Crippen LogP contribution in [0, 0.1) is 0 Å². The van der Waals surface area contributed by atoms with Crippen molar-refractivity contribution in [3.8, 4) is 22.6 Å². The summed E-state index contributed by atoms with van der Waals surface area (Å²) in [5, 5.41) is 2.44. The van der Waals surface area contributed by atoms with Crippen LogP contribution < -0.4 is 4.74 Å². The van der Waals surface area contributed by atoms with Gasteiger partial charge in [-0.05, 0) is 51.2 Å². The highest BCUT2D eigenvalue weighted by molar-refractivity contribution is 5.92. The number of para-hydroxylation sites is 1. The predicted molar refractivity (Wildman–Crippen MR) is 121 cm³/mol. The minimum absolute atomic E-state index is 0.374. The minimum Gasteiger partial charge on any atom is -0.457 e. The summed E-state index contributed by atoms with van der Waals surface area (Å²) in [4.78, 5) is 0. The molecule has 0 radical (unpaired) electrons. The highest BCUT2D eigenvalue weighted by atomic mass is 16.5. The van der Waals surface area contributed by atoms with Crippen LogP contribution in [0.2, 0.25) is 0 Å². The number of benzene rings is 5. The first-order valence-corrected chi connectivity index (χ1v) is 10.4. The molecule has 5 aromatic rings. The molecule has 1 aliphatic carbocycles. The van der Waals surface area contributed by atoms with Crippen molar-refractivity contribution in [3.63, 3.8) is 0 Å². The van der Waals surface area contributed by atoms with E-state index in [1.165, 1.54) is 44.2 Å². The van der Waals surface area contributed by atoms with E-state index in [1.54, 1.807) is 0 Å². The molecular formula is C29H18O. The van der Waals surface area contributed by atoms with Crippen molar-refractivity contribution in [2.75, 3.05) is 0 Å². The molecule has 1 aliphatic heterocycles. The van der Waals surface area contributed by atoms with Crippen molar-refractivity contribution in [1.82, 2.24) is 0 Å². The fourth-order valence-corrected chi connectivity index (χ4v) is 5.54. The number of rotatable bonds is 0. The molecule has 0 saturated carbocycles. The van der Waals surface area contributed by atoms with Gasteiger partial charge in [-0.15, -0.1) is 0 Å². The zero-order valence-electron chi connectivity index (χ0n) is 16.3. The molecule has 0 saturated heterocycles. The second-order valence-corrected chi connectivity index (χ2v) is 8.13. The molecule has 0 amide bonds. The van der Waals surface area contributed by atoms with Gasteiger partial charge in [0, 0.05) is 11.1 Å². The lowest BCUT2D eigenvalue weighted by molar-refractivity contribution is 0.437. The zero-order valence-corrected chi connectivity index (χ0v) is 16.3. The van der Waals surface area contributed by atoms with E-state index in [9.17, 15) is 0 Å². The van der Waals surface area contributed by atoms with Gasteiger partial charge >= 0.3 is 0 Å². The second kappa shape index (κ2) is 5.61. The van der Waals surface area contributed by atoms with Crippen LogP contribution in [-0.2, 0) is 5.41 Å². The summed E-state index contributed by atoms with van der Waals surface area (Å²) in [6, 6.07) is 39.3. The first-order chi connectivity index (χ1) is 14.9. The number of hydrogen-bond acceptors (Lipinski definition) is 1. The third-order valence-corrected chi connectivity index (χ3v) is 6.72. The Morgan fingerprint density at radius 3 is 1.67 bits per heavy atom. The summed E-state index contributed by atoms with van der Waals surface area (Å²) in [5.41, 5.74) is 7.34. The molecule has 0 N–H and O–H groups in total. The Morgan fingerprint density at radius 2 is 0.967 bits per heavy atom. The molecule has 1 spiro atoms. The van der Waals surface area contributed by atoms with E-state index in [0.29, 0.717) is 0 Å². The van der Waals surface area contributed by atoms with E-state index >= 15 is 0 Å². The van der Waals surface area contributed by atoms with Crippen molar-refractivity contribution in [3.05, 3.63) is 131 Å². The van der Waals surface area contributed by atoms with Crippen LogP contribution in [0.15, 0.2) is 109 Å². The van der Waals surface area contributed by atoms with Crippen LogP contribution in [0.4, 0.5) is 0 Å². The highest BCUT2D eigenvalue weighted by Gasteiger charge is 2.50. The molecule has 0 fully saturated rings. The standard InChI is InChI=1S/C29H18O/c1-2-10-20-18-28-26(17-19(20)9-1)29(25-15-7-8-16-27(25)30-28)23-13-5-3-11-21(23)22-12-4-6-14-24(22)29/h1-18H. The van der Waals surface area contributed by atoms with E-state index in [-0.39, 0.29) is 5.41 Å². The first-order valence-electron chi connectivity index (χ1n) is 10.4. The van der Waals surface area contributed by atoms with Gasteiger partial charge in [-0.1, -0.05) is 91.0 Å². The Labute approximate surface area is 175 Å². The Balaban J connectivity index is 1.72. The predicted octanol–water partition coefficient (Wildman–Crippen LogP) is 7.31. The minimum atomic E-state index is -0.374. The number of ether oxygens (including phenoxy) is 1. The molecule has 5 aromatic carbocycles. The summed E-state index contributed by atoms with van der Waals surface area (Å²) in [7, 11) is 0. The van der Waals surface area contributed by atoms with Gasteiger partial charge in [0.2, 0.25) is 0 Å². The molecule has 1 heteroatoms. The maximum Gasteiger partial charge on any atom is 0.132 e. The normalized spacial score (nSPS) is 14.5. The van der Waals surface area contributed by atoms with Crippen LogP contribution in [-0.4, -0.2) is 0 Å². The number of hydrogen-bond donors (Lipinski definition) is 0. The lowest BCUT2D eigenvalue weighted by Crippen LogP contribution is -2.32. The van der Waals surface area contributed by atoms with Crippen molar-refractivity contribution in [2.45, 2.75) is 5.41 Å². The third kappa shape index (κ3) is 1.83.